The minimum Gasteiger partial charge on any atom is -0.385 e. The van der Waals surface area contributed by atoms with E-state index in [0.29, 0.717) is 0 Å². The maximum absolute atomic E-state index is 5.13. The number of nitrogens with zero attached hydrogens (tertiary/aromatic N) is 2. The Balaban J connectivity index is 2.21. The predicted octanol–water partition coefficient (Wildman–Crippen LogP) is 2.96. The predicted molar refractivity (Wildman–Crippen MR) is 82.8 cm³/mol. The fourth-order valence-electron chi connectivity index (χ4n) is 2.25. The summed E-state index contributed by atoms with van der Waals surface area (Å²) < 4.78 is 7.36. The normalized spacial score (nSPS) is 12.2. The van der Waals surface area contributed by atoms with Gasteiger partial charge in [-0.05, 0) is 44.9 Å². The van der Waals surface area contributed by atoms with Crippen molar-refractivity contribution in [3.63, 3.8) is 0 Å². The number of pyridine rings is 1. The molecule has 0 bridgehead atoms. The molecule has 0 amide bonds. The summed E-state index contributed by atoms with van der Waals surface area (Å²) >= 11 is 0. The van der Waals surface area contributed by atoms with E-state index in [2.05, 4.69) is 47.9 Å². The number of methoxy groups -OCH3 is 1. The molecule has 0 atom stereocenters. The van der Waals surface area contributed by atoms with Gasteiger partial charge in [-0.25, -0.2) is 4.98 Å². The first-order chi connectivity index (χ1) is 9.51. The zero-order valence-corrected chi connectivity index (χ0v) is 12.9. The maximum Gasteiger partial charge on any atom is 0.140 e. The van der Waals surface area contributed by atoms with Crippen LogP contribution in [0.3, 0.4) is 0 Å². The van der Waals surface area contributed by atoms with Crippen molar-refractivity contribution >= 4 is 11.0 Å². The largest absolute Gasteiger partial charge is 0.385 e. The molecular weight excluding hydrogens is 250 g/mol. The van der Waals surface area contributed by atoms with Crippen LogP contribution in [-0.2, 0) is 17.8 Å². The minimum atomic E-state index is 0.118. The molecule has 0 aliphatic heterocycles. The van der Waals surface area contributed by atoms with E-state index in [1.54, 1.807) is 7.11 Å². The Bertz CT molecular complexity index is 554. The quantitative estimate of drug-likeness (QED) is 0.824. The molecule has 0 aliphatic carbocycles. The topological polar surface area (TPSA) is 39.1 Å². The van der Waals surface area contributed by atoms with Gasteiger partial charge in [0.15, 0.2) is 0 Å². The molecule has 0 aliphatic rings. The van der Waals surface area contributed by atoms with Crippen molar-refractivity contribution in [2.24, 2.45) is 0 Å². The highest BCUT2D eigenvalue weighted by Crippen LogP contribution is 2.20. The van der Waals surface area contributed by atoms with E-state index in [9.17, 15) is 0 Å². The van der Waals surface area contributed by atoms with Crippen LogP contribution >= 0.6 is 0 Å². The number of hydrogen-bond donors (Lipinski definition) is 1. The molecule has 20 heavy (non-hydrogen) atoms. The summed E-state index contributed by atoms with van der Waals surface area (Å²) in [5, 5.41) is 4.78. The Labute approximate surface area is 121 Å². The Kier molecular flexibility index (Phi) is 4.78. The molecule has 2 aromatic heterocycles. The molecule has 2 aromatic rings. The van der Waals surface area contributed by atoms with Gasteiger partial charge >= 0.3 is 0 Å². The van der Waals surface area contributed by atoms with Crippen LogP contribution in [0.25, 0.3) is 11.0 Å². The van der Waals surface area contributed by atoms with Crippen molar-refractivity contribution in [2.75, 3.05) is 13.7 Å². The molecule has 2 heterocycles. The van der Waals surface area contributed by atoms with Gasteiger partial charge in [-0.2, -0.15) is 0 Å². The molecule has 1 N–H and O–H groups in total. The van der Waals surface area contributed by atoms with Gasteiger partial charge in [0, 0.05) is 50.1 Å². The van der Waals surface area contributed by atoms with E-state index in [0.717, 1.165) is 31.8 Å². The minimum absolute atomic E-state index is 0.118. The van der Waals surface area contributed by atoms with Gasteiger partial charge in [0.2, 0.25) is 0 Å². The van der Waals surface area contributed by atoms with E-state index < -0.39 is 0 Å². The summed E-state index contributed by atoms with van der Waals surface area (Å²) in [6, 6.07) is 4.15. The summed E-state index contributed by atoms with van der Waals surface area (Å²) in [7, 11) is 1.74. The van der Waals surface area contributed by atoms with Gasteiger partial charge in [0.05, 0.1) is 0 Å². The van der Waals surface area contributed by atoms with Gasteiger partial charge in [0.1, 0.15) is 5.65 Å². The molecule has 2 rings (SSSR count). The van der Waals surface area contributed by atoms with Crippen LogP contribution in [-0.4, -0.2) is 28.8 Å². The van der Waals surface area contributed by atoms with Crippen molar-refractivity contribution in [1.82, 2.24) is 14.9 Å². The zero-order valence-electron chi connectivity index (χ0n) is 12.9. The van der Waals surface area contributed by atoms with Crippen LogP contribution in [0.2, 0.25) is 0 Å². The fourth-order valence-corrected chi connectivity index (χ4v) is 2.25. The molecule has 110 valence electrons. The second-order valence-electron chi connectivity index (χ2n) is 6.17. The monoisotopic (exact) mass is 275 g/mol. The van der Waals surface area contributed by atoms with Gasteiger partial charge < -0.3 is 14.6 Å². The van der Waals surface area contributed by atoms with E-state index in [4.69, 9.17) is 4.74 Å². The second-order valence-corrected chi connectivity index (χ2v) is 6.17. The third-order valence-corrected chi connectivity index (χ3v) is 3.27. The highest BCUT2D eigenvalue weighted by molar-refractivity contribution is 5.80. The van der Waals surface area contributed by atoms with Crippen LogP contribution in [0.1, 0.15) is 32.8 Å². The fraction of sp³-hybridized carbons (Fsp3) is 0.562. The molecule has 0 saturated heterocycles. The number of fused-ring (bicyclic) bond motifs is 1. The lowest BCUT2D eigenvalue weighted by molar-refractivity contribution is 0.190. The zero-order chi connectivity index (χ0) is 14.6. The lowest BCUT2D eigenvalue weighted by atomic mass is 10.1. The Morgan fingerprint density at radius 1 is 1.35 bits per heavy atom. The summed E-state index contributed by atoms with van der Waals surface area (Å²) in [5.41, 5.74) is 2.49. The molecule has 0 unspecified atom stereocenters. The van der Waals surface area contributed by atoms with Crippen molar-refractivity contribution in [3.05, 3.63) is 30.1 Å². The Hall–Kier alpha value is -1.39. The van der Waals surface area contributed by atoms with Crippen LogP contribution in [0.15, 0.2) is 24.5 Å². The van der Waals surface area contributed by atoms with Gasteiger partial charge in [-0.15, -0.1) is 0 Å². The number of hydrogen-bond acceptors (Lipinski definition) is 3. The highest BCUT2D eigenvalue weighted by Gasteiger charge is 2.13. The molecular formula is C16H25N3O. The third kappa shape index (κ3) is 3.81. The molecule has 0 aromatic carbocycles. The van der Waals surface area contributed by atoms with E-state index >= 15 is 0 Å². The van der Waals surface area contributed by atoms with E-state index in [1.165, 1.54) is 10.9 Å². The first-order valence-corrected chi connectivity index (χ1v) is 7.18. The maximum atomic E-state index is 5.13. The number of aromatic nitrogens is 2. The summed E-state index contributed by atoms with van der Waals surface area (Å²) in [4.78, 5) is 4.52. The molecule has 4 nitrogen and oxygen atoms in total. The van der Waals surface area contributed by atoms with Gasteiger partial charge in [-0.3, -0.25) is 0 Å². The first kappa shape index (κ1) is 15.0. The smallest absolute Gasteiger partial charge is 0.140 e. The Morgan fingerprint density at radius 2 is 2.15 bits per heavy atom. The van der Waals surface area contributed by atoms with Crippen molar-refractivity contribution in [3.8, 4) is 0 Å². The third-order valence-electron chi connectivity index (χ3n) is 3.27. The number of rotatable bonds is 6. The van der Waals surface area contributed by atoms with Crippen molar-refractivity contribution in [1.29, 1.82) is 0 Å². The molecule has 4 heteroatoms. The summed E-state index contributed by atoms with van der Waals surface area (Å²) in [6.07, 6.45) is 5.07. The molecule has 0 spiro atoms. The highest BCUT2D eigenvalue weighted by atomic mass is 16.5. The second kappa shape index (κ2) is 6.37. The number of ether oxygens (including phenoxy) is 1. The average molecular weight is 275 g/mol. The first-order valence-electron chi connectivity index (χ1n) is 7.18. The standard InChI is InChI=1S/C16H25N3O/c1-16(2,3)18-11-13-12-19(9-6-10-20-4)15-14(13)7-5-8-17-15/h5,7-8,12,18H,6,9-11H2,1-4H3. The lowest BCUT2D eigenvalue weighted by Crippen LogP contribution is -2.34. The lowest BCUT2D eigenvalue weighted by Gasteiger charge is -2.20. The molecule has 0 saturated carbocycles. The summed E-state index contributed by atoms with van der Waals surface area (Å²) in [6.45, 7) is 9.14. The van der Waals surface area contributed by atoms with Crippen LogP contribution in [0, 0.1) is 0 Å². The van der Waals surface area contributed by atoms with Gasteiger partial charge in [-0.1, -0.05) is 0 Å². The van der Waals surface area contributed by atoms with Gasteiger partial charge in [0.25, 0.3) is 0 Å². The summed E-state index contributed by atoms with van der Waals surface area (Å²) in [5.74, 6) is 0. The molecule has 0 fully saturated rings. The Morgan fingerprint density at radius 3 is 2.85 bits per heavy atom. The van der Waals surface area contributed by atoms with Crippen molar-refractivity contribution in [2.45, 2.75) is 45.8 Å². The average Bonchev–Trinajstić information content (AvgIpc) is 2.75. The molecule has 0 radical (unpaired) electrons. The van der Waals surface area contributed by atoms with Crippen molar-refractivity contribution < 1.29 is 4.74 Å². The van der Waals surface area contributed by atoms with E-state index in [1.807, 2.05) is 12.3 Å². The van der Waals surface area contributed by atoms with Crippen LogP contribution in [0.4, 0.5) is 0 Å². The number of nitrogens with one attached hydrogen (secondary N) is 1. The van der Waals surface area contributed by atoms with E-state index in [-0.39, 0.29) is 5.54 Å². The van der Waals surface area contributed by atoms with Crippen LogP contribution in [0.5, 0.6) is 0 Å². The SMILES string of the molecule is COCCCn1cc(CNC(C)(C)C)c2cccnc21. The van der Waals surface area contributed by atoms with Crippen LogP contribution < -0.4 is 5.32 Å². The number of aryl methyl sites for hydroxylation is 1.